The van der Waals surface area contributed by atoms with Crippen LogP contribution in [0.25, 0.3) is 0 Å². The molecule has 0 aliphatic heterocycles. The molecule has 0 unspecified atom stereocenters. The van der Waals surface area contributed by atoms with Crippen molar-refractivity contribution in [2.45, 2.75) is 52.4 Å². The van der Waals surface area contributed by atoms with Crippen LogP contribution < -0.4 is 5.32 Å². The molecule has 4 nitrogen and oxygen atoms in total. The fourth-order valence-electron chi connectivity index (χ4n) is 1.85. The SMILES string of the molecule is CCCN(CCC)C(=S)Sc1cccnc1NC(=O)C(C)(C)C. The topological polar surface area (TPSA) is 45.2 Å². The average molecular weight is 354 g/mol. The lowest BCUT2D eigenvalue weighted by Crippen LogP contribution is -2.30. The van der Waals surface area contributed by atoms with E-state index in [1.807, 2.05) is 32.9 Å². The summed E-state index contributed by atoms with van der Waals surface area (Å²) in [4.78, 5) is 19.6. The molecule has 6 heteroatoms. The van der Waals surface area contributed by atoms with E-state index in [-0.39, 0.29) is 5.91 Å². The average Bonchev–Trinajstić information content (AvgIpc) is 2.48. The summed E-state index contributed by atoms with van der Waals surface area (Å²) in [6, 6.07) is 3.81. The monoisotopic (exact) mass is 353 g/mol. The summed E-state index contributed by atoms with van der Waals surface area (Å²) < 4.78 is 0.827. The third-order valence-corrected chi connectivity index (χ3v) is 4.62. The van der Waals surface area contributed by atoms with Crippen molar-refractivity contribution < 1.29 is 4.79 Å². The van der Waals surface area contributed by atoms with Crippen molar-refractivity contribution in [3.63, 3.8) is 0 Å². The van der Waals surface area contributed by atoms with E-state index < -0.39 is 5.41 Å². The number of pyridine rings is 1. The van der Waals surface area contributed by atoms with Gasteiger partial charge in [-0.15, -0.1) is 0 Å². The van der Waals surface area contributed by atoms with Gasteiger partial charge in [0, 0.05) is 24.7 Å². The minimum absolute atomic E-state index is 0.0528. The number of nitrogens with zero attached hydrogens (tertiary/aromatic N) is 2. The first-order valence-electron chi connectivity index (χ1n) is 8.02. The molecular formula is C17H27N3OS2. The second-order valence-electron chi connectivity index (χ2n) is 6.41. The molecule has 1 rings (SSSR count). The summed E-state index contributed by atoms with van der Waals surface area (Å²) in [6.45, 7) is 11.8. The van der Waals surface area contributed by atoms with Gasteiger partial charge in [0.2, 0.25) is 5.91 Å². The highest BCUT2D eigenvalue weighted by molar-refractivity contribution is 8.23. The predicted molar refractivity (Wildman–Crippen MR) is 103 cm³/mol. The first-order chi connectivity index (χ1) is 10.8. The molecule has 0 spiro atoms. The molecule has 0 aliphatic carbocycles. The molecule has 128 valence electrons. The number of thiocarbonyl (C=S) groups is 1. The van der Waals surface area contributed by atoms with E-state index in [0.717, 1.165) is 35.1 Å². The number of thioether (sulfide) groups is 1. The van der Waals surface area contributed by atoms with Crippen LogP contribution in [0.2, 0.25) is 0 Å². The largest absolute Gasteiger partial charge is 0.357 e. The lowest BCUT2D eigenvalue weighted by atomic mass is 9.96. The van der Waals surface area contributed by atoms with E-state index in [2.05, 4.69) is 29.0 Å². The molecule has 1 amide bonds. The van der Waals surface area contributed by atoms with Gasteiger partial charge in [-0.25, -0.2) is 4.98 Å². The molecular weight excluding hydrogens is 326 g/mol. The van der Waals surface area contributed by atoms with E-state index in [1.165, 1.54) is 11.8 Å². The highest BCUT2D eigenvalue weighted by Crippen LogP contribution is 2.29. The number of hydrogen-bond acceptors (Lipinski definition) is 4. The molecule has 0 aliphatic rings. The fourth-order valence-corrected chi connectivity index (χ4v) is 3.15. The van der Waals surface area contributed by atoms with E-state index in [9.17, 15) is 4.79 Å². The lowest BCUT2D eigenvalue weighted by molar-refractivity contribution is -0.123. The molecule has 0 atom stereocenters. The maximum Gasteiger partial charge on any atom is 0.230 e. The first kappa shape index (κ1) is 19.9. The second-order valence-corrected chi connectivity index (χ2v) is 8.09. The fraction of sp³-hybridized carbons (Fsp3) is 0.588. The molecule has 1 heterocycles. The summed E-state index contributed by atoms with van der Waals surface area (Å²) in [5, 5.41) is 2.91. The van der Waals surface area contributed by atoms with E-state index in [0.29, 0.717) is 5.82 Å². The van der Waals surface area contributed by atoms with Gasteiger partial charge in [0.05, 0.1) is 4.90 Å². The molecule has 23 heavy (non-hydrogen) atoms. The van der Waals surface area contributed by atoms with Crippen LogP contribution >= 0.6 is 24.0 Å². The van der Waals surface area contributed by atoms with Crippen LogP contribution in [0.3, 0.4) is 0 Å². The quantitative estimate of drug-likeness (QED) is 0.600. The van der Waals surface area contributed by atoms with Gasteiger partial charge in [-0.2, -0.15) is 0 Å². The van der Waals surface area contributed by atoms with Crippen molar-refractivity contribution in [2.75, 3.05) is 18.4 Å². The van der Waals surface area contributed by atoms with Crippen molar-refractivity contribution in [1.29, 1.82) is 0 Å². The summed E-state index contributed by atoms with van der Waals surface area (Å²) >= 11 is 7.07. The van der Waals surface area contributed by atoms with Crippen LogP contribution in [0.4, 0.5) is 5.82 Å². The van der Waals surface area contributed by atoms with Crippen molar-refractivity contribution in [3.05, 3.63) is 18.3 Å². The third-order valence-electron chi connectivity index (χ3n) is 3.13. The molecule has 0 aromatic carbocycles. The summed E-state index contributed by atoms with van der Waals surface area (Å²) in [6.07, 6.45) is 3.80. The standard InChI is InChI=1S/C17H27N3OS2/c1-6-11-20(12-7-2)16(22)23-13-9-8-10-18-14(13)19-15(21)17(3,4)5/h8-10H,6-7,11-12H2,1-5H3,(H,18,19,21). The first-order valence-corrected chi connectivity index (χ1v) is 9.25. The highest BCUT2D eigenvalue weighted by Gasteiger charge is 2.23. The predicted octanol–water partition coefficient (Wildman–Crippen LogP) is 4.57. The number of anilines is 1. The Balaban J connectivity index is 2.88. The Hall–Kier alpha value is -1.14. The molecule has 0 fully saturated rings. The maximum absolute atomic E-state index is 12.2. The zero-order chi connectivity index (χ0) is 17.5. The Morgan fingerprint density at radius 3 is 2.43 bits per heavy atom. The van der Waals surface area contributed by atoms with Crippen LogP contribution in [-0.2, 0) is 4.79 Å². The van der Waals surface area contributed by atoms with Gasteiger partial charge < -0.3 is 10.2 Å². The third kappa shape index (κ3) is 6.47. The minimum atomic E-state index is -0.462. The maximum atomic E-state index is 12.2. The van der Waals surface area contributed by atoms with Gasteiger partial charge in [-0.3, -0.25) is 4.79 Å². The Bertz CT molecular complexity index is 535. The van der Waals surface area contributed by atoms with Crippen LogP contribution in [-0.4, -0.2) is 33.2 Å². The smallest absolute Gasteiger partial charge is 0.230 e. The van der Waals surface area contributed by atoms with Crippen molar-refractivity contribution in [3.8, 4) is 0 Å². The molecule has 1 N–H and O–H groups in total. The Morgan fingerprint density at radius 2 is 1.91 bits per heavy atom. The number of rotatable bonds is 6. The molecule has 0 saturated heterocycles. The normalized spacial score (nSPS) is 11.2. The summed E-state index contributed by atoms with van der Waals surface area (Å²) in [7, 11) is 0. The number of nitrogens with one attached hydrogen (secondary N) is 1. The number of carbonyl (C=O) groups excluding carboxylic acids is 1. The zero-order valence-electron chi connectivity index (χ0n) is 14.7. The molecule has 0 radical (unpaired) electrons. The molecule has 1 aromatic heterocycles. The van der Waals surface area contributed by atoms with Gasteiger partial charge in [-0.05, 0) is 25.0 Å². The van der Waals surface area contributed by atoms with Gasteiger partial charge in [0.15, 0.2) is 0 Å². The number of hydrogen-bond donors (Lipinski definition) is 1. The Morgan fingerprint density at radius 1 is 1.30 bits per heavy atom. The second kappa shape index (κ2) is 9.23. The van der Waals surface area contributed by atoms with Gasteiger partial charge >= 0.3 is 0 Å². The van der Waals surface area contributed by atoms with E-state index in [4.69, 9.17) is 12.2 Å². The minimum Gasteiger partial charge on any atom is -0.357 e. The molecule has 0 bridgehead atoms. The zero-order valence-corrected chi connectivity index (χ0v) is 16.3. The molecule has 0 saturated carbocycles. The van der Waals surface area contributed by atoms with Crippen molar-refractivity contribution >= 4 is 40.0 Å². The number of amides is 1. The van der Waals surface area contributed by atoms with Crippen molar-refractivity contribution in [2.24, 2.45) is 5.41 Å². The Kier molecular flexibility index (Phi) is 7.99. The van der Waals surface area contributed by atoms with E-state index in [1.54, 1.807) is 6.20 Å². The van der Waals surface area contributed by atoms with E-state index >= 15 is 0 Å². The van der Waals surface area contributed by atoms with Crippen LogP contribution in [0, 0.1) is 5.41 Å². The van der Waals surface area contributed by atoms with Gasteiger partial charge in [0.1, 0.15) is 10.1 Å². The van der Waals surface area contributed by atoms with Crippen LogP contribution in [0.1, 0.15) is 47.5 Å². The number of aromatic nitrogens is 1. The number of carbonyl (C=O) groups is 1. The highest BCUT2D eigenvalue weighted by atomic mass is 32.2. The van der Waals surface area contributed by atoms with Crippen molar-refractivity contribution in [1.82, 2.24) is 9.88 Å². The Labute approximate surface area is 149 Å². The van der Waals surface area contributed by atoms with Gasteiger partial charge in [-0.1, -0.05) is 58.6 Å². The van der Waals surface area contributed by atoms with Crippen LogP contribution in [0.5, 0.6) is 0 Å². The summed E-state index contributed by atoms with van der Waals surface area (Å²) in [5.74, 6) is 0.524. The summed E-state index contributed by atoms with van der Waals surface area (Å²) in [5.41, 5.74) is -0.462. The van der Waals surface area contributed by atoms with Gasteiger partial charge in [0.25, 0.3) is 0 Å². The molecule has 1 aromatic rings. The van der Waals surface area contributed by atoms with Crippen LogP contribution in [0.15, 0.2) is 23.2 Å². The lowest BCUT2D eigenvalue weighted by Gasteiger charge is -2.24.